The zero-order valence-electron chi connectivity index (χ0n) is 25.1. The van der Waals surface area contributed by atoms with Crippen molar-refractivity contribution in [3.63, 3.8) is 0 Å². The summed E-state index contributed by atoms with van der Waals surface area (Å²) in [5.41, 5.74) is 5.21. The van der Waals surface area contributed by atoms with Crippen molar-refractivity contribution < 1.29 is 19.0 Å². The number of halogens is 1. The van der Waals surface area contributed by atoms with E-state index in [0.717, 1.165) is 32.3 Å². The van der Waals surface area contributed by atoms with Crippen LogP contribution in [0.15, 0.2) is 98.8 Å². The number of aromatic nitrogens is 1. The van der Waals surface area contributed by atoms with Crippen LogP contribution >= 0.6 is 27.3 Å². The summed E-state index contributed by atoms with van der Waals surface area (Å²) < 4.78 is 20.5. The lowest BCUT2D eigenvalue weighted by Crippen LogP contribution is -2.39. The molecule has 0 saturated carbocycles. The van der Waals surface area contributed by atoms with Gasteiger partial charge in [0.25, 0.3) is 5.56 Å². The van der Waals surface area contributed by atoms with Crippen molar-refractivity contribution in [3.05, 3.63) is 137 Å². The summed E-state index contributed by atoms with van der Waals surface area (Å²) in [6, 6.07) is 18.9. The summed E-state index contributed by atoms with van der Waals surface area (Å²) in [7, 11) is 1.60. The Morgan fingerprint density at radius 2 is 1.84 bits per heavy atom. The lowest BCUT2D eigenvalue weighted by molar-refractivity contribution is -0.139. The predicted molar refractivity (Wildman–Crippen MR) is 177 cm³/mol. The van der Waals surface area contributed by atoms with Crippen molar-refractivity contribution in [3.8, 4) is 11.5 Å². The standard InChI is InChI=1S/C35H33BrN2O5S/c1-6-8-26-17-24(18-28(41-5)32(26)43-20-23-11-15-27(36)16-12-23)19-29-33(39)38-31(25-13-9-21(3)10-14-25)30(34(40)42-7-2)22(4)37-35(38)44-29/h6,9-19,31H,1,7-8,20H2,2-5H3/b29-19+/t31-/m1/s1. The van der Waals surface area contributed by atoms with Crippen molar-refractivity contribution >= 4 is 39.3 Å². The van der Waals surface area contributed by atoms with Gasteiger partial charge in [-0.25, -0.2) is 9.79 Å². The van der Waals surface area contributed by atoms with E-state index in [-0.39, 0.29) is 12.2 Å². The number of aryl methyl sites for hydroxylation is 1. The minimum atomic E-state index is -0.659. The van der Waals surface area contributed by atoms with E-state index in [9.17, 15) is 9.59 Å². The van der Waals surface area contributed by atoms with Crippen LogP contribution in [-0.2, 0) is 22.6 Å². The molecule has 0 bridgehead atoms. The predicted octanol–water partition coefficient (Wildman–Crippen LogP) is 6.19. The Morgan fingerprint density at radius 3 is 2.50 bits per heavy atom. The quantitative estimate of drug-likeness (QED) is 0.148. The molecule has 44 heavy (non-hydrogen) atoms. The number of nitrogens with zero attached hydrogens (tertiary/aromatic N) is 2. The Morgan fingerprint density at radius 1 is 1.11 bits per heavy atom. The van der Waals surface area contributed by atoms with Crippen LogP contribution in [0.1, 0.15) is 47.7 Å². The number of benzene rings is 3. The zero-order valence-corrected chi connectivity index (χ0v) is 27.5. The van der Waals surface area contributed by atoms with Crippen LogP contribution in [0, 0.1) is 6.92 Å². The fourth-order valence-corrected chi connectivity index (χ4v) is 6.44. The number of rotatable bonds is 10. The number of methoxy groups -OCH3 is 1. The number of hydrogen-bond acceptors (Lipinski definition) is 7. The van der Waals surface area contributed by atoms with Crippen LogP contribution in [-0.4, -0.2) is 24.3 Å². The molecule has 0 N–H and O–H groups in total. The molecule has 0 unspecified atom stereocenters. The van der Waals surface area contributed by atoms with Gasteiger partial charge in [-0.2, -0.15) is 0 Å². The number of allylic oxidation sites excluding steroid dienone is 2. The van der Waals surface area contributed by atoms with Crippen molar-refractivity contribution in [2.24, 2.45) is 4.99 Å². The molecule has 5 rings (SSSR count). The zero-order chi connectivity index (χ0) is 31.4. The molecule has 0 spiro atoms. The number of carbonyl (C=O) groups excluding carboxylic acids is 1. The molecule has 0 saturated heterocycles. The normalized spacial score (nSPS) is 14.6. The second-order valence-corrected chi connectivity index (χ2v) is 12.3. The Bertz CT molecular complexity index is 1920. The fourth-order valence-electron chi connectivity index (χ4n) is 5.13. The van der Waals surface area contributed by atoms with E-state index in [4.69, 9.17) is 14.2 Å². The fraction of sp³-hybridized carbons (Fsp3) is 0.229. The third-order valence-corrected chi connectivity index (χ3v) is 8.75. The number of esters is 1. The largest absolute Gasteiger partial charge is 0.493 e. The van der Waals surface area contributed by atoms with Crippen molar-refractivity contribution in [1.82, 2.24) is 4.57 Å². The van der Waals surface area contributed by atoms with Crippen LogP contribution in [0.3, 0.4) is 0 Å². The first-order valence-electron chi connectivity index (χ1n) is 14.2. The van der Waals surface area contributed by atoms with E-state index < -0.39 is 12.0 Å². The Kier molecular flexibility index (Phi) is 9.66. The second kappa shape index (κ2) is 13.6. The first-order chi connectivity index (χ1) is 21.2. The molecule has 2 heterocycles. The molecule has 3 aromatic carbocycles. The Balaban J connectivity index is 1.60. The van der Waals surface area contributed by atoms with Gasteiger partial charge in [0, 0.05) is 10.0 Å². The van der Waals surface area contributed by atoms with Crippen LogP contribution in [0.5, 0.6) is 11.5 Å². The van der Waals surface area contributed by atoms with Gasteiger partial charge in [0.1, 0.15) is 6.61 Å². The van der Waals surface area contributed by atoms with Gasteiger partial charge in [-0.1, -0.05) is 75.3 Å². The maximum atomic E-state index is 14.0. The minimum Gasteiger partial charge on any atom is -0.493 e. The third kappa shape index (κ3) is 6.49. The van der Waals surface area contributed by atoms with Crippen LogP contribution in [0.4, 0.5) is 0 Å². The molecule has 1 atom stereocenters. The third-order valence-electron chi connectivity index (χ3n) is 7.24. The summed E-state index contributed by atoms with van der Waals surface area (Å²) in [5, 5.41) is 0. The van der Waals surface area contributed by atoms with E-state index in [1.807, 2.05) is 73.7 Å². The molecule has 0 radical (unpaired) electrons. The molecule has 9 heteroatoms. The summed E-state index contributed by atoms with van der Waals surface area (Å²) in [5.74, 6) is 0.701. The monoisotopic (exact) mass is 672 g/mol. The summed E-state index contributed by atoms with van der Waals surface area (Å²) in [4.78, 5) is 32.4. The first-order valence-corrected chi connectivity index (χ1v) is 15.8. The van der Waals surface area contributed by atoms with E-state index in [1.54, 1.807) is 31.6 Å². The smallest absolute Gasteiger partial charge is 0.338 e. The maximum Gasteiger partial charge on any atom is 0.338 e. The van der Waals surface area contributed by atoms with Crippen molar-refractivity contribution in [1.29, 1.82) is 0 Å². The van der Waals surface area contributed by atoms with Gasteiger partial charge < -0.3 is 14.2 Å². The summed E-state index contributed by atoms with van der Waals surface area (Å²) >= 11 is 4.74. The van der Waals surface area contributed by atoms with Crippen LogP contribution in [0.25, 0.3) is 6.08 Å². The molecule has 1 aromatic heterocycles. The topological polar surface area (TPSA) is 79.1 Å². The van der Waals surface area contributed by atoms with Gasteiger partial charge in [0.05, 0.1) is 35.6 Å². The van der Waals surface area contributed by atoms with E-state index >= 15 is 0 Å². The highest BCUT2D eigenvalue weighted by molar-refractivity contribution is 9.10. The van der Waals surface area contributed by atoms with E-state index in [1.165, 1.54) is 11.3 Å². The number of fused-ring (bicyclic) bond motifs is 1. The van der Waals surface area contributed by atoms with Gasteiger partial charge >= 0.3 is 5.97 Å². The van der Waals surface area contributed by atoms with Gasteiger partial charge in [-0.15, -0.1) is 6.58 Å². The molecular weight excluding hydrogens is 640 g/mol. The molecular formula is C35H33BrN2O5S. The SMILES string of the molecule is C=CCc1cc(/C=c2/sc3n(c2=O)[C@H](c2ccc(C)cc2)C(C(=O)OCC)=C(C)N=3)cc(OC)c1OCc1ccc(Br)cc1. The summed E-state index contributed by atoms with van der Waals surface area (Å²) in [6.07, 6.45) is 4.18. The highest BCUT2D eigenvalue weighted by Crippen LogP contribution is 2.35. The van der Waals surface area contributed by atoms with Gasteiger partial charge in [-0.05, 0) is 74.2 Å². The number of thiazole rings is 1. The second-order valence-electron chi connectivity index (χ2n) is 10.3. The molecule has 1 aliphatic heterocycles. The van der Waals surface area contributed by atoms with Crippen LogP contribution in [0.2, 0.25) is 0 Å². The first kappa shape index (κ1) is 31.2. The molecule has 1 aliphatic rings. The Hall–Kier alpha value is -4.21. The summed E-state index contributed by atoms with van der Waals surface area (Å²) in [6.45, 7) is 10.0. The molecule has 4 aromatic rings. The highest BCUT2D eigenvalue weighted by atomic mass is 79.9. The van der Waals surface area contributed by atoms with Crippen molar-refractivity contribution in [2.45, 2.75) is 39.8 Å². The maximum absolute atomic E-state index is 14.0. The number of ether oxygens (including phenoxy) is 3. The lowest BCUT2D eigenvalue weighted by atomic mass is 9.95. The number of hydrogen-bond donors (Lipinski definition) is 0. The lowest BCUT2D eigenvalue weighted by Gasteiger charge is -2.24. The molecule has 0 amide bonds. The average Bonchev–Trinajstić information content (AvgIpc) is 3.31. The van der Waals surface area contributed by atoms with Gasteiger partial charge in [0.15, 0.2) is 16.3 Å². The Labute approximate surface area is 268 Å². The molecule has 226 valence electrons. The number of carbonyl (C=O) groups is 1. The molecule has 0 aliphatic carbocycles. The van der Waals surface area contributed by atoms with Gasteiger partial charge in [0.2, 0.25) is 0 Å². The van der Waals surface area contributed by atoms with Crippen molar-refractivity contribution in [2.75, 3.05) is 13.7 Å². The molecule has 0 fully saturated rings. The van der Waals surface area contributed by atoms with E-state index in [2.05, 4.69) is 27.5 Å². The minimum absolute atomic E-state index is 0.221. The molecule has 7 nitrogen and oxygen atoms in total. The average molecular weight is 674 g/mol. The highest BCUT2D eigenvalue weighted by Gasteiger charge is 2.33. The van der Waals surface area contributed by atoms with Gasteiger partial charge in [-0.3, -0.25) is 9.36 Å². The van der Waals surface area contributed by atoms with E-state index in [0.29, 0.717) is 45.1 Å². The van der Waals surface area contributed by atoms with Crippen LogP contribution < -0.4 is 24.4 Å².